The van der Waals surface area contributed by atoms with E-state index in [-0.39, 0.29) is 18.4 Å². The molecule has 0 aromatic heterocycles. The van der Waals surface area contributed by atoms with Gasteiger partial charge < -0.3 is 19.9 Å². The lowest BCUT2D eigenvalue weighted by molar-refractivity contribution is 0.102. The minimum Gasteiger partial charge on any atom is -0.508 e. The lowest BCUT2D eigenvalue weighted by atomic mass is 10.1. The molecule has 102 valence electrons. The number of carbonyl (C=O) groups excluding carboxylic acids is 1. The van der Waals surface area contributed by atoms with E-state index in [4.69, 9.17) is 9.47 Å². The van der Waals surface area contributed by atoms with Crippen molar-refractivity contribution in [2.75, 3.05) is 12.1 Å². The van der Waals surface area contributed by atoms with Crippen molar-refractivity contribution in [1.29, 1.82) is 0 Å². The lowest BCUT2D eigenvalue weighted by Crippen LogP contribution is -2.11. The van der Waals surface area contributed by atoms with Crippen molar-refractivity contribution < 1.29 is 19.4 Å². The molecule has 0 spiro atoms. The van der Waals surface area contributed by atoms with Crippen LogP contribution in [-0.2, 0) is 0 Å². The van der Waals surface area contributed by atoms with Gasteiger partial charge in [0.25, 0.3) is 5.91 Å². The molecule has 0 radical (unpaired) electrons. The average molecular weight is 271 g/mol. The second-order valence-corrected chi connectivity index (χ2v) is 4.52. The fourth-order valence-corrected chi connectivity index (χ4v) is 1.93. The summed E-state index contributed by atoms with van der Waals surface area (Å²) in [7, 11) is 0. The van der Waals surface area contributed by atoms with Gasteiger partial charge in [-0.3, -0.25) is 4.79 Å². The zero-order valence-corrected chi connectivity index (χ0v) is 10.8. The minimum atomic E-state index is -0.272. The molecule has 0 unspecified atom stereocenters. The maximum atomic E-state index is 12.1. The number of anilines is 1. The first-order chi connectivity index (χ1) is 9.63. The van der Waals surface area contributed by atoms with Crippen LogP contribution >= 0.6 is 0 Å². The molecule has 20 heavy (non-hydrogen) atoms. The lowest BCUT2D eigenvalue weighted by Gasteiger charge is -2.07. The number of rotatable bonds is 2. The van der Waals surface area contributed by atoms with Gasteiger partial charge in [-0.15, -0.1) is 0 Å². The van der Waals surface area contributed by atoms with Gasteiger partial charge in [-0.1, -0.05) is 6.07 Å². The Kier molecular flexibility index (Phi) is 2.95. The summed E-state index contributed by atoms with van der Waals surface area (Å²) >= 11 is 0. The molecule has 0 bridgehead atoms. The van der Waals surface area contributed by atoms with Crippen LogP contribution in [0.2, 0.25) is 0 Å². The fraction of sp³-hybridized carbons (Fsp3) is 0.133. The van der Waals surface area contributed by atoms with E-state index >= 15 is 0 Å². The monoisotopic (exact) mass is 271 g/mol. The molecule has 0 saturated heterocycles. The largest absolute Gasteiger partial charge is 0.508 e. The third kappa shape index (κ3) is 2.25. The van der Waals surface area contributed by atoms with Crippen LogP contribution in [0.5, 0.6) is 17.2 Å². The van der Waals surface area contributed by atoms with Gasteiger partial charge in [0.2, 0.25) is 6.79 Å². The van der Waals surface area contributed by atoms with Crippen molar-refractivity contribution in [3.8, 4) is 17.2 Å². The van der Waals surface area contributed by atoms with E-state index in [0.717, 1.165) is 5.56 Å². The Morgan fingerprint density at radius 2 is 1.95 bits per heavy atom. The molecule has 2 aromatic carbocycles. The van der Waals surface area contributed by atoms with Crippen LogP contribution < -0.4 is 14.8 Å². The molecule has 0 fully saturated rings. The van der Waals surface area contributed by atoms with Gasteiger partial charge in [-0.2, -0.15) is 0 Å². The van der Waals surface area contributed by atoms with E-state index < -0.39 is 0 Å². The number of nitrogens with one attached hydrogen (secondary N) is 1. The smallest absolute Gasteiger partial charge is 0.255 e. The van der Waals surface area contributed by atoms with Gasteiger partial charge in [-0.25, -0.2) is 0 Å². The normalized spacial score (nSPS) is 12.2. The zero-order chi connectivity index (χ0) is 14.1. The topological polar surface area (TPSA) is 67.8 Å². The molecule has 2 N–H and O–H groups in total. The highest BCUT2D eigenvalue weighted by Crippen LogP contribution is 2.32. The summed E-state index contributed by atoms with van der Waals surface area (Å²) in [5.41, 5.74) is 1.76. The maximum Gasteiger partial charge on any atom is 0.255 e. The number of carbonyl (C=O) groups is 1. The van der Waals surface area contributed by atoms with Crippen LogP contribution in [0, 0.1) is 6.92 Å². The molecule has 5 heteroatoms. The van der Waals surface area contributed by atoms with E-state index in [1.54, 1.807) is 37.3 Å². The number of aromatic hydroxyl groups is 1. The molecule has 1 aliphatic heterocycles. The van der Waals surface area contributed by atoms with Gasteiger partial charge in [0.05, 0.1) is 0 Å². The molecule has 1 aliphatic rings. The number of hydrogen-bond donors (Lipinski definition) is 2. The van der Waals surface area contributed by atoms with E-state index in [9.17, 15) is 9.90 Å². The van der Waals surface area contributed by atoms with Crippen LogP contribution in [-0.4, -0.2) is 17.8 Å². The summed E-state index contributed by atoms with van der Waals surface area (Å²) in [5, 5.41) is 12.3. The third-order valence-electron chi connectivity index (χ3n) is 3.10. The second-order valence-electron chi connectivity index (χ2n) is 4.52. The summed E-state index contributed by atoms with van der Waals surface area (Å²) in [4.78, 5) is 12.1. The van der Waals surface area contributed by atoms with E-state index in [1.807, 2.05) is 0 Å². The highest BCUT2D eigenvalue weighted by Gasteiger charge is 2.16. The van der Waals surface area contributed by atoms with Crippen LogP contribution in [0.1, 0.15) is 15.9 Å². The summed E-state index contributed by atoms with van der Waals surface area (Å²) in [6, 6.07) is 9.98. The molecule has 0 aliphatic carbocycles. The minimum absolute atomic E-state index is 0.147. The molecule has 5 nitrogen and oxygen atoms in total. The number of fused-ring (bicyclic) bond motifs is 1. The Balaban J connectivity index is 1.80. The Labute approximate surface area is 115 Å². The first kappa shape index (κ1) is 12.3. The Morgan fingerprint density at radius 3 is 2.75 bits per heavy atom. The molecule has 1 heterocycles. The second kappa shape index (κ2) is 4.77. The first-order valence-electron chi connectivity index (χ1n) is 6.14. The van der Waals surface area contributed by atoms with Crippen molar-refractivity contribution in [1.82, 2.24) is 0 Å². The van der Waals surface area contributed by atoms with Gasteiger partial charge in [0.15, 0.2) is 11.5 Å². The highest BCUT2D eigenvalue weighted by atomic mass is 16.7. The quantitative estimate of drug-likeness (QED) is 0.881. The van der Waals surface area contributed by atoms with E-state index in [0.29, 0.717) is 22.7 Å². The van der Waals surface area contributed by atoms with Crippen molar-refractivity contribution >= 4 is 11.6 Å². The third-order valence-corrected chi connectivity index (χ3v) is 3.10. The number of benzene rings is 2. The standard InChI is InChI=1S/C15H13NO4/c1-9-2-4-11(7-12(9)17)16-15(18)10-3-5-13-14(6-10)20-8-19-13/h2-7,17H,8H2,1H3,(H,16,18). The van der Waals surface area contributed by atoms with Crippen LogP contribution in [0.3, 0.4) is 0 Å². The van der Waals surface area contributed by atoms with Crippen molar-refractivity contribution in [2.45, 2.75) is 6.92 Å². The maximum absolute atomic E-state index is 12.1. The molecule has 0 saturated carbocycles. The van der Waals surface area contributed by atoms with Crippen molar-refractivity contribution in [3.63, 3.8) is 0 Å². The SMILES string of the molecule is Cc1ccc(NC(=O)c2ccc3c(c2)OCO3)cc1O. The Bertz CT molecular complexity index is 682. The Hall–Kier alpha value is -2.69. The van der Waals surface area contributed by atoms with E-state index in [1.165, 1.54) is 6.07 Å². The first-order valence-corrected chi connectivity index (χ1v) is 6.14. The van der Waals surface area contributed by atoms with Crippen LogP contribution in [0.15, 0.2) is 36.4 Å². The zero-order valence-electron chi connectivity index (χ0n) is 10.8. The fourth-order valence-electron chi connectivity index (χ4n) is 1.93. The number of hydrogen-bond acceptors (Lipinski definition) is 4. The van der Waals surface area contributed by atoms with Crippen LogP contribution in [0.4, 0.5) is 5.69 Å². The van der Waals surface area contributed by atoms with E-state index in [2.05, 4.69) is 5.32 Å². The number of amides is 1. The highest BCUT2D eigenvalue weighted by molar-refractivity contribution is 6.04. The summed E-state index contributed by atoms with van der Waals surface area (Å²) < 4.78 is 10.4. The van der Waals surface area contributed by atoms with Crippen molar-refractivity contribution in [3.05, 3.63) is 47.5 Å². The molecular formula is C15H13NO4. The molecule has 2 aromatic rings. The number of phenolic OH excluding ortho intramolecular Hbond substituents is 1. The molecule has 3 rings (SSSR count). The molecule has 1 amide bonds. The summed E-state index contributed by atoms with van der Waals surface area (Å²) in [6.07, 6.45) is 0. The van der Waals surface area contributed by atoms with Gasteiger partial charge in [-0.05, 0) is 36.8 Å². The predicted molar refractivity (Wildman–Crippen MR) is 73.4 cm³/mol. The molecule has 0 atom stereocenters. The Morgan fingerprint density at radius 1 is 1.15 bits per heavy atom. The van der Waals surface area contributed by atoms with Gasteiger partial charge >= 0.3 is 0 Å². The molecular weight excluding hydrogens is 258 g/mol. The number of ether oxygens (including phenoxy) is 2. The predicted octanol–water partition coefficient (Wildman–Crippen LogP) is 2.68. The van der Waals surface area contributed by atoms with Crippen LogP contribution in [0.25, 0.3) is 0 Å². The average Bonchev–Trinajstić information content (AvgIpc) is 2.90. The van der Waals surface area contributed by atoms with Crippen molar-refractivity contribution in [2.24, 2.45) is 0 Å². The summed E-state index contributed by atoms with van der Waals surface area (Å²) in [5.74, 6) is 1.07. The number of phenols is 1. The number of aryl methyl sites for hydroxylation is 1. The summed E-state index contributed by atoms with van der Waals surface area (Å²) in [6.45, 7) is 1.96. The van der Waals surface area contributed by atoms with Gasteiger partial charge in [0.1, 0.15) is 5.75 Å². The van der Waals surface area contributed by atoms with Gasteiger partial charge in [0, 0.05) is 17.3 Å².